The van der Waals surface area contributed by atoms with E-state index < -0.39 is 29.4 Å². The van der Waals surface area contributed by atoms with Crippen LogP contribution in [0, 0.1) is 30.4 Å². The summed E-state index contributed by atoms with van der Waals surface area (Å²) in [6, 6.07) is 11.9. The number of nitrogens with two attached hydrogens (primary N) is 1. The van der Waals surface area contributed by atoms with Crippen molar-refractivity contribution in [1.29, 1.82) is 0 Å². The zero-order valence-electron chi connectivity index (χ0n) is 34.5. The number of ether oxygens (including phenoxy) is 1. The van der Waals surface area contributed by atoms with E-state index in [-0.39, 0.29) is 42.1 Å². The molecule has 4 aliphatic heterocycles. The molecule has 4 aliphatic rings. The smallest absolute Gasteiger partial charge is 0.258 e. The van der Waals surface area contributed by atoms with Crippen LogP contribution < -0.4 is 26.2 Å². The predicted molar refractivity (Wildman–Crippen MR) is 227 cm³/mol. The molecule has 2 bridgehead atoms. The number of fused-ring (bicyclic) bond motifs is 5. The number of imide groups is 1. The highest BCUT2D eigenvalue weighted by atomic mass is 19.1. The van der Waals surface area contributed by atoms with Crippen molar-refractivity contribution < 1.29 is 32.7 Å². The Balaban J connectivity index is 0.954. The van der Waals surface area contributed by atoms with Gasteiger partial charge in [-0.2, -0.15) is 0 Å². The molecule has 0 saturated carbocycles. The molecule has 0 spiro atoms. The molecule has 61 heavy (non-hydrogen) atoms. The summed E-state index contributed by atoms with van der Waals surface area (Å²) in [4.78, 5) is 71.2. The van der Waals surface area contributed by atoms with E-state index in [1.165, 1.54) is 18.3 Å². The van der Waals surface area contributed by atoms with Crippen LogP contribution in [-0.2, 0) is 25.7 Å². The van der Waals surface area contributed by atoms with Gasteiger partial charge in [-0.3, -0.25) is 39.8 Å². The van der Waals surface area contributed by atoms with Gasteiger partial charge in [-0.25, -0.2) is 13.8 Å². The van der Waals surface area contributed by atoms with Crippen LogP contribution in [0.25, 0.3) is 16.6 Å². The minimum Gasteiger partial charge on any atom is -0.477 e. The third-order valence-electron chi connectivity index (χ3n) is 12.1. The first-order valence-corrected chi connectivity index (χ1v) is 20.8. The molecule has 3 saturated heterocycles. The molecule has 3 fully saturated rings. The largest absolute Gasteiger partial charge is 0.477 e. The molecule has 8 rings (SSSR count). The van der Waals surface area contributed by atoms with Crippen LogP contribution in [0.1, 0.15) is 72.3 Å². The van der Waals surface area contributed by atoms with Gasteiger partial charge in [0.15, 0.2) is 0 Å². The Morgan fingerprint density at radius 3 is 2.41 bits per heavy atom. The molecule has 15 nitrogen and oxygen atoms in total. The van der Waals surface area contributed by atoms with Crippen molar-refractivity contribution >= 4 is 63.5 Å². The Morgan fingerprint density at radius 1 is 0.918 bits per heavy atom. The summed E-state index contributed by atoms with van der Waals surface area (Å²) in [5.74, 6) is -3.40. The molecule has 0 unspecified atom stereocenters. The predicted octanol–water partition coefficient (Wildman–Crippen LogP) is 4.74. The van der Waals surface area contributed by atoms with Gasteiger partial charge in [-0.15, -0.1) is 0 Å². The highest BCUT2D eigenvalue weighted by Gasteiger charge is 2.35. The van der Waals surface area contributed by atoms with E-state index in [2.05, 4.69) is 43.1 Å². The molecule has 2 aromatic carbocycles. The van der Waals surface area contributed by atoms with Gasteiger partial charge in [0.05, 0.1) is 40.7 Å². The molecule has 0 radical (unpaired) electrons. The lowest BCUT2D eigenvalue weighted by Gasteiger charge is -2.37. The second-order valence-corrected chi connectivity index (χ2v) is 16.3. The summed E-state index contributed by atoms with van der Waals surface area (Å²) in [7, 11) is 1.63. The van der Waals surface area contributed by atoms with Gasteiger partial charge >= 0.3 is 0 Å². The second kappa shape index (κ2) is 17.3. The first-order valence-electron chi connectivity index (χ1n) is 20.8. The van der Waals surface area contributed by atoms with Crippen molar-refractivity contribution in [1.82, 2.24) is 24.8 Å². The normalized spacial score (nSPS) is 23.1. The van der Waals surface area contributed by atoms with Crippen molar-refractivity contribution in [2.75, 3.05) is 68.0 Å². The summed E-state index contributed by atoms with van der Waals surface area (Å²) < 4.78 is 38.7. The maximum absolute atomic E-state index is 15.3. The van der Waals surface area contributed by atoms with Crippen LogP contribution in [0.15, 0.2) is 53.7 Å². The minimum absolute atomic E-state index is 0.0196. The Labute approximate surface area is 352 Å². The van der Waals surface area contributed by atoms with Crippen LogP contribution in [0.2, 0.25) is 0 Å². The van der Waals surface area contributed by atoms with Crippen LogP contribution in [0.4, 0.5) is 26.1 Å². The van der Waals surface area contributed by atoms with Crippen LogP contribution in [0.3, 0.4) is 0 Å². The van der Waals surface area contributed by atoms with Gasteiger partial charge in [0.25, 0.3) is 5.91 Å². The number of nitrogens with zero attached hydrogens (tertiary/aromatic N) is 7. The van der Waals surface area contributed by atoms with Gasteiger partial charge in [-0.05, 0) is 81.0 Å². The number of imidazole rings is 1. The number of piperazine rings is 1. The number of amides is 4. The summed E-state index contributed by atoms with van der Waals surface area (Å²) >= 11 is 0. The number of rotatable bonds is 4. The average molecular weight is 837 g/mol. The number of carbonyl (C=O) groups excluding carboxylic acids is 4. The van der Waals surface area contributed by atoms with Gasteiger partial charge in [0.2, 0.25) is 29.6 Å². The Bertz CT molecular complexity index is 2440. The molecule has 320 valence electrons. The third-order valence-corrected chi connectivity index (χ3v) is 12.1. The third kappa shape index (κ3) is 8.50. The first kappa shape index (κ1) is 41.3. The number of carbonyl (C=O) groups is 4. The maximum Gasteiger partial charge on any atom is 0.258 e. The number of aliphatic imine (C=N–C) groups is 1. The fourth-order valence-electron chi connectivity index (χ4n) is 8.93. The molecule has 4 amide bonds. The van der Waals surface area contributed by atoms with Crippen LogP contribution >= 0.6 is 0 Å². The quantitative estimate of drug-likeness (QED) is 0.243. The number of aromatic nitrogens is 3. The molecule has 2 aromatic heterocycles. The molecular formula is C44H50F2N10O5. The Kier molecular flexibility index (Phi) is 11.7. The molecule has 0 aliphatic carbocycles. The number of benzene rings is 2. The van der Waals surface area contributed by atoms with Gasteiger partial charge < -0.3 is 29.7 Å². The lowest BCUT2D eigenvalue weighted by molar-refractivity contribution is -0.135. The van der Waals surface area contributed by atoms with Crippen molar-refractivity contribution in [3.63, 3.8) is 0 Å². The summed E-state index contributed by atoms with van der Waals surface area (Å²) in [5.41, 5.74) is 10.6. The molecule has 6 heterocycles. The SMILES string of the molecule is CN=C1OCCC[C@@H](C)Cn2c(nc3ccc(N4CC[C@H](C(=O)N5CCN(c6cc(F)c([C@H]7CCC(=O)NC7=O)c(F)c6)CC5)C4)cc32)NC(=O)c2cc(C)nc(c2)C1=CN. The van der Waals surface area contributed by atoms with Crippen molar-refractivity contribution in [3.8, 4) is 0 Å². The van der Waals surface area contributed by atoms with Gasteiger partial charge in [-0.1, -0.05) is 6.92 Å². The van der Waals surface area contributed by atoms with Gasteiger partial charge in [0, 0.05) is 93.7 Å². The molecule has 4 N–H and O–H groups in total. The summed E-state index contributed by atoms with van der Waals surface area (Å²) in [6.45, 7) is 7.78. The van der Waals surface area contributed by atoms with E-state index in [1.807, 2.05) is 28.9 Å². The fraction of sp³-hybridized carbons (Fsp3) is 0.432. The zero-order valence-corrected chi connectivity index (χ0v) is 34.5. The number of aryl methyl sites for hydroxylation is 1. The average Bonchev–Trinajstić information content (AvgIpc) is 3.86. The zero-order chi connectivity index (χ0) is 42.9. The van der Waals surface area contributed by atoms with Gasteiger partial charge in [0.1, 0.15) is 11.6 Å². The lowest BCUT2D eigenvalue weighted by atomic mass is 9.89. The van der Waals surface area contributed by atoms with E-state index in [1.54, 1.807) is 19.2 Å². The Hall–Kier alpha value is -6.39. The number of pyridine rings is 1. The molecule has 4 aromatic rings. The van der Waals surface area contributed by atoms with E-state index in [0.29, 0.717) is 98.9 Å². The van der Waals surface area contributed by atoms with E-state index in [9.17, 15) is 19.2 Å². The van der Waals surface area contributed by atoms with E-state index >= 15 is 8.78 Å². The highest BCUT2D eigenvalue weighted by molar-refractivity contribution is 6.19. The van der Waals surface area contributed by atoms with Crippen molar-refractivity contribution in [2.45, 2.75) is 58.4 Å². The molecular weight excluding hydrogens is 787 g/mol. The summed E-state index contributed by atoms with van der Waals surface area (Å²) in [6.07, 6.45) is 3.74. The number of nitrogens with one attached hydrogen (secondary N) is 2. The molecule has 3 atom stereocenters. The first-order chi connectivity index (χ1) is 29.4. The number of halogens is 2. The van der Waals surface area contributed by atoms with Crippen molar-refractivity contribution in [2.24, 2.45) is 22.6 Å². The van der Waals surface area contributed by atoms with Crippen LogP contribution in [-0.4, -0.2) is 102 Å². The number of anilines is 3. The Morgan fingerprint density at radius 2 is 1.69 bits per heavy atom. The number of piperidine rings is 1. The monoisotopic (exact) mass is 836 g/mol. The number of hydrogen-bond acceptors (Lipinski definition) is 11. The lowest BCUT2D eigenvalue weighted by Crippen LogP contribution is -2.50. The van der Waals surface area contributed by atoms with E-state index in [4.69, 9.17) is 15.5 Å². The topological polar surface area (TPSA) is 180 Å². The second-order valence-electron chi connectivity index (χ2n) is 16.3. The minimum atomic E-state index is -1.06. The number of hydrogen-bond donors (Lipinski definition) is 3. The fourth-order valence-corrected chi connectivity index (χ4v) is 8.93. The molecule has 17 heteroatoms. The summed E-state index contributed by atoms with van der Waals surface area (Å²) in [5, 5.41) is 5.23. The standard InChI is InChI=1S/C44H50F2N10O5/c1-25-5-4-16-61-42(48-3)32(22-47)36-18-28(17-26(2)49-36)40(58)52-44-50-35-8-6-29(21-37(35)56(44)23-25)55-11-10-27(24-55)43(60)54-14-12-53(13-15-54)30-19-33(45)39(34(46)20-30)31-7-9-38(57)51-41(31)59/h6,8,17-22,25,27,31H,4-5,7,9-16,23-24,47H2,1-3H3,(H,50,52,58)(H,51,57,59)/t25-,27+,31-/m1/s1. The maximum atomic E-state index is 15.3. The van der Waals surface area contributed by atoms with E-state index in [0.717, 1.165) is 29.6 Å². The van der Waals surface area contributed by atoms with Crippen molar-refractivity contribution in [3.05, 3.63) is 82.8 Å². The highest BCUT2D eigenvalue weighted by Crippen LogP contribution is 2.34. The van der Waals surface area contributed by atoms with Crippen LogP contribution in [0.5, 0.6) is 0 Å².